The fourth-order valence-corrected chi connectivity index (χ4v) is 4.20. The van der Waals surface area contributed by atoms with E-state index in [4.69, 9.17) is 11.6 Å². The van der Waals surface area contributed by atoms with Crippen molar-refractivity contribution in [2.75, 3.05) is 5.32 Å². The Morgan fingerprint density at radius 2 is 1.91 bits per heavy atom. The van der Waals surface area contributed by atoms with Gasteiger partial charge in [-0.25, -0.2) is 4.68 Å². The van der Waals surface area contributed by atoms with E-state index >= 15 is 0 Å². The summed E-state index contributed by atoms with van der Waals surface area (Å²) in [6.07, 6.45) is 0. The SMILES string of the molecule is Cc1c(-n2nnnc2SC(C)C(=O)Nc2cccc(Cl)c2)c(=O)n(-c2ccccc2)n1C. The van der Waals surface area contributed by atoms with Gasteiger partial charge >= 0.3 is 0 Å². The molecule has 32 heavy (non-hydrogen) atoms. The Labute approximate surface area is 193 Å². The van der Waals surface area contributed by atoms with Gasteiger partial charge in [-0.15, -0.1) is 5.10 Å². The Morgan fingerprint density at radius 3 is 2.62 bits per heavy atom. The number of carbonyl (C=O) groups excluding carboxylic acids is 1. The van der Waals surface area contributed by atoms with Crippen LogP contribution in [-0.2, 0) is 11.8 Å². The Kier molecular flexibility index (Phi) is 6.15. The number of amides is 1. The minimum Gasteiger partial charge on any atom is -0.325 e. The van der Waals surface area contributed by atoms with Crippen LogP contribution in [0, 0.1) is 6.92 Å². The highest BCUT2D eigenvalue weighted by Crippen LogP contribution is 2.25. The number of thioether (sulfide) groups is 1. The Hall–Kier alpha value is -3.37. The zero-order valence-corrected chi connectivity index (χ0v) is 19.1. The van der Waals surface area contributed by atoms with E-state index in [0.717, 1.165) is 17.4 Å². The first-order valence-corrected chi connectivity index (χ1v) is 11.0. The molecule has 2 aromatic heterocycles. The molecule has 0 fully saturated rings. The lowest BCUT2D eigenvalue weighted by Gasteiger charge is -2.11. The summed E-state index contributed by atoms with van der Waals surface area (Å²) in [5.74, 6) is -0.238. The predicted octanol–water partition coefficient (Wildman–Crippen LogP) is 3.23. The van der Waals surface area contributed by atoms with E-state index in [1.807, 2.05) is 37.3 Å². The van der Waals surface area contributed by atoms with Crippen LogP contribution in [-0.4, -0.2) is 40.7 Å². The van der Waals surface area contributed by atoms with Crippen LogP contribution in [0.25, 0.3) is 11.4 Å². The molecule has 0 radical (unpaired) electrons. The average Bonchev–Trinajstić information content (AvgIpc) is 3.30. The zero-order valence-electron chi connectivity index (χ0n) is 17.6. The number of tetrazole rings is 1. The van der Waals surface area contributed by atoms with Gasteiger partial charge in [0.15, 0.2) is 5.69 Å². The van der Waals surface area contributed by atoms with Gasteiger partial charge in [-0.1, -0.05) is 47.6 Å². The molecule has 4 aromatic rings. The zero-order chi connectivity index (χ0) is 22.8. The predicted molar refractivity (Wildman–Crippen MR) is 124 cm³/mol. The molecule has 1 atom stereocenters. The summed E-state index contributed by atoms with van der Waals surface area (Å²) in [5, 5.41) is 15.0. The molecule has 2 aromatic carbocycles. The molecule has 1 N–H and O–H groups in total. The van der Waals surface area contributed by atoms with Crippen molar-refractivity contribution in [3.8, 4) is 11.4 Å². The van der Waals surface area contributed by atoms with Crippen molar-refractivity contribution in [3.63, 3.8) is 0 Å². The summed E-state index contributed by atoms with van der Waals surface area (Å²) >= 11 is 7.14. The molecule has 0 bridgehead atoms. The molecule has 2 heterocycles. The minimum absolute atomic E-state index is 0.238. The van der Waals surface area contributed by atoms with Gasteiger partial charge in [0.1, 0.15) is 0 Å². The van der Waals surface area contributed by atoms with E-state index in [-0.39, 0.29) is 11.5 Å². The molecule has 0 aliphatic heterocycles. The second-order valence-electron chi connectivity index (χ2n) is 7.04. The number of rotatable bonds is 6. The lowest BCUT2D eigenvalue weighted by molar-refractivity contribution is -0.115. The molecular formula is C21H20ClN7O2S. The first kappa shape index (κ1) is 21.8. The molecule has 164 valence electrons. The summed E-state index contributed by atoms with van der Waals surface area (Å²) in [6, 6.07) is 16.2. The summed E-state index contributed by atoms with van der Waals surface area (Å²) < 4.78 is 4.68. The van der Waals surface area contributed by atoms with Crippen LogP contribution in [0.5, 0.6) is 0 Å². The van der Waals surface area contributed by atoms with Crippen molar-refractivity contribution in [2.45, 2.75) is 24.3 Å². The summed E-state index contributed by atoms with van der Waals surface area (Å²) in [5.41, 5.74) is 2.07. The number of nitrogens with zero attached hydrogens (tertiary/aromatic N) is 6. The van der Waals surface area contributed by atoms with Gasteiger partial charge in [-0.2, -0.15) is 4.68 Å². The largest absolute Gasteiger partial charge is 0.325 e. The Morgan fingerprint density at radius 1 is 1.16 bits per heavy atom. The highest BCUT2D eigenvalue weighted by Gasteiger charge is 2.24. The van der Waals surface area contributed by atoms with Crippen LogP contribution in [0.1, 0.15) is 12.6 Å². The van der Waals surface area contributed by atoms with Gasteiger partial charge in [-0.3, -0.25) is 14.3 Å². The fraction of sp³-hybridized carbons (Fsp3) is 0.190. The molecule has 0 saturated heterocycles. The molecule has 0 aliphatic rings. The van der Waals surface area contributed by atoms with E-state index in [1.54, 1.807) is 47.6 Å². The number of para-hydroxylation sites is 1. The molecule has 4 rings (SSSR count). The van der Waals surface area contributed by atoms with Gasteiger partial charge in [0, 0.05) is 17.8 Å². The lowest BCUT2D eigenvalue weighted by Crippen LogP contribution is -2.24. The molecule has 1 amide bonds. The van der Waals surface area contributed by atoms with Crippen molar-refractivity contribution in [2.24, 2.45) is 7.05 Å². The molecule has 9 nitrogen and oxygen atoms in total. The van der Waals surface area contributed by atoms with E-state index in [1.165, 1.54) is 4.68 Å². The van der Waals surface area contributed by atoms with Crippen LogP contribution < -0.4 is 10.9 Å². The monoisotopic (exact) mass is 469 g/mol. The number of carbonyl (C=O) groups is 1. The normalized spacial score (nSPS) is 12.0. The second kappa shape index (κ2) is 9.01. The van der Waals surface area contributed by atoms with Crippen LogP contribution in [0.15, 0.2) is 64.5 Å². The van der Waals surface area contributed by atoms with Crippen LogP contribution in [0.2, 0.25) is 5.02 Å². The highest BCUT2D eigenvalue weighted by atomic mass is 35.5. The minimum atomic E-state index is -0.529. The third kappa shape index (κ3) is 4.19. The van der Waals surface area contributed by atoms with Gasteiger partial charge in [0.05, 0.1) is 16.6 Å². The number of anilines is 1. The van der Waals surface area contributed by atoms with Crippen molar-refractivity contribution in [3.05, 3.63) is 75.7 Å². The lowest BCUT2D eigenvalue weighted by atomic mass is 10.3. The van der Waals surface area contributed by atoms with Crippen molar-refractivity contribution in [1.82, 2.24) is 29.6 Å². The number of aromatic nitrogens is 6. The van der Waals surface area contributed by atoms with Gasteiger partial charge in [0.2, 0.25) is 11.1 Å². The number of hydrogen-bond donors (Lipinski definition) is 1. The highest BCUT2D eigenvalue weighted by molar-refractivity contribution is 8.00. The van der Waals surface area contributed by atoms with Gasteiger partial charge in [0.25, 0.3) is 5.56 Å². The first-order valence-electron chi connectivity index (χ1n) is 9.72. The Balaban J connectivity index is 1.62. The van der Waals surface area contributed by atoms with Gasteiger partial charge in [-0.05, 0) is 54.6 Å². The molecular weight excluding hydrogens is 450 g/mol. The van der Waals surface area contributed by atoms with Gasteiger partial charge < -0.3 is 5.32 Å². The maximum Gasteiger partial charge on any atom is 0.297 e. The van der Waals surface area contributed by atoms with Crippen molar-refractivity contribution >= 4 is 35.0 Å². The third-order valence-electron chi connectivity index (χ3n) is 4.92. The summed E-state index contributed by atoms with van der Waals surface area (Å²) in [7, 11) is 1.80. The number of benzene rings is 2. The fourth-order valence-electron chi connectivity index (χ4n) is 3.21. The first-order chi connectivity index (χ1) is 15.4. The van der Waals surface area contributed by atoms with E-state index < -0.39 is 5.25 Å². The van der Waals surface area contributed by atoms with E-state index in [2.05, 4.69) is 20.8 Å². The Bertz CT molecular complexity index is 1330. The quantitative estimate of drug-likeness (QED) is 0.435. The van der Waals surface area contributed by atoms with E-state index in [9.17, 15) is 9.59 Å². The van der Waals surface area contributed by atoms with E-state index in [0.29, 0.717) is 27.2 Å². The smallest absolute Gasteiger partial charge is 0.297 e. The standard InChI is InChI=1S/C21H20ClN7O2S/c1-13-18(20(31)29(27(13)3)17-10-5-4-6-11-17)28-21(24-25-26-28)32-14(2)19(30)23-16-9-7-8-15(22)12-16/h4-12,14H,1-3H3,(H,23,30). The number of halogens is 1. The van der Waals surface area contributed by atoms with Crippen molar-refractivity contribution in [1.29, 1.82) is 0 Å². The molecule has 0 aliphatic carbocycles. The molecule has 11 heteroatoms. The molecule has 0 saturated carbocycles. The average molecular weight is 470 g/mol. The van der Waals surface area contributed by atoms with Crippen LogP contribution in [0.4, 0.5) is 5.69 Å². The maximum absolute atomic E-state index is 13.3. The van der Waals surface area contributed by atoms with Crippen molar-refractivity contribution < 1.29 is 4.79 Å². The molecule has 1 unspecified atom stereocenters. The number of hydrogen-bond acceptors (Lipinski definition) is 6. The summed E-state index contributed by atoms with van der Waals surface area (Å²) in [6.45, 7) is 3.56. The molecule has 0 spiro atoms. The summed E-state index contributed by atoms with van der Waals surface area (Å²) in [4.78, 5) is 25.9. The maximum atomic E-state index is 13.3. The number of nitrogens with one attached hydrogen (secondary N) is 1. The third-order valence-corrected chi connectivity index (χ3v) is 6.19. The van der Waals surface area contributed by atoms with Crippen LogP contribution in [0.3, 0.4) is 0 Å². The topological polar surface area (TPSA) is 99.6 Å². The second-order valence-corrected chi connectivity index (χ2v) is 8.79. The van der Waals surface area contributed by atoms with Crippen LogP contribution >= 0.6 is 23.4 Å².